The van der Waals surface area contributed by atoms with E-state index in [9.17, 15) is 8.42 Å². The van der Waals surface area contributed by atoms with E-state index in [1.807, 2.05) is 30.5 Å². The zero-order valence-corrected chi connectivity index (χ0v) is 20.4. The number of benzene rings is 1. The Balaban J connectivity index is 1.16. The van der Waals surface area contributed by atoms with Crippen molar-refractivity contribution in [1.29, 1.82) is 0 Å². The fourth-order valence-electron chi connectivity index (χ4n) is 4.02. The van der Waals surface area contributed by atoms with Crippen LogP contribution in [0.15, 0.2) is 58.1 Å². The van der Waals surface area contributed by atoms with Crippen LogP contribution in [-0.2, 0) is 16.6 Å². The van der Waals surface area contributed by atoms with Crippen molar-refractivity contribution in [1.82, 2.24) is 19.8 Å². The van der Waals surface area contributed by atoms with Crippen LogP contribution in [0.2, 0.25) is 0 Å². The normalized spacial score (nSPS) is 14.9. The monoisotopic (exact) mass is 485 g/mol. The van der Waals surface area contributed by atoms with Gasteiger partial charge in [-0.25, -0.2) is 18.1 Å². The molecule has 0 spiro atoms. The first-order valence-electron chi connectivity index (χ1n) is 11.4. The SMILES string of the molecule is Cc1noc(C)c1S(=O)(=O)NCCCOc1ccc(CN2CCN(c3ccccn3)CC2)cc1. The maximum absolute atomic E-state index is 12.4. The van der Waals surface area contributed by atoms with Crippen molar-refractivity contribution in [3.05, 3.63) is 65.7 Å². The number of hydrogen-bond acceptors (Lipinski definition) is 8. The predicted molar refractivity (Wildman–Crippen MR) is 129 cm³/mol. The van der Waals surface area contributed by atoms with E-state index in [4.69, 9.17) is 9.26 Å². The third-order valence-electron chi connectivity index (χ3n) is 5.79. The largest absolute Gasteiger partial charge is 0.494 e. The van der Waals surface area contributed by atoms with Crippen LogP contribution in [0.25, 0.3) is 0 Å². The van der Waals surface area contributed by atoms with E-state index in [2.05, 4.69) is 42.9 Å². The number of aromatic nitrogens is 2. The number of nitrogens with zero attached hydrogens (tertiary/aromatic N) is 4. The third-order valence-corrected chi connectivity index (χ3v) is 7.50. The molecule has 4 rings (SSSR count). The number of sulfonamides is 1. The summed E-state index contributed by atoms with van der Waals surface area (Å²) in [7, 11) is -3.64. The highest BCUT2D eigenvalue weighted by atomic mass is 32.2. The molecule has 1 saturated heterocycles. The number of nitrogens with one attached hydrogen (secondary N) is 1. The Morgan fingerprint density at radius 2 is 1.82 bits per heavy atom. The minimum absolute atomic E-state index is 0.113. The lowest BCUT2D eigenvalue weighted by molar-refractivity contribution is 0.249. The third kappa shape index (κ3) is 6.13. The first-order valence-corrected chi connectivity index (χ1v) is 12.9. The standard InChI is InChI=1S/C24H31N5O4S/c1-19-24(20(2)33-27-19)34(30,31)26-12-5-17-32-22-9-7-21(8-10-22)18-28-13-15-29(16-14-28)23-6-3-4-11-25-23/h3-4,6-11,26H,5,12-18H2,1-2H3. The molecule has 0 aliphatic carbocycles. The summed E-state index contributed by atoms with van der Waals surface area (Å²) in [6, 6.07) is 14.1. The zero-order valence-electron chi connectivity index (χ0n) is 19.6. The highest BCUT2D eigenvalue weighted by Crippen LogP contribution is 2.19. The van der Waals surface area contributed by atoms with E-state index in [1.165, 1.54) is 5.56 Å². The minimum atomic E-state index is -3.64. The molecule has 9 nitrogen and oxygen atoms in total. The lowest BCUT2D eigenvalue weighted by Gasteiger charge is -2.35. The van der Waals surface area contributed by atoms with Crippen LogP contribution >= 0.6 is 0 Å². The van der Waals surface area contributed by atoms with Crippen LogP contribution < -0.4 is 14.4 Å². The Morgan fingerprint density at radius 3 is 2.47 bits per heavy atom. The summed E-state index contributed by atoms with van der Waals surface area (Å²) in [5, 5.41) is 3.70. The van der Waals surface area contributed by atoms with E-state index in [1.54, 1.807) is 13.8 Å². The molecule has 0 radical (unpaired) electrons. The molecule has 0 bridgehead atoms. The molecule has 1 aliphatic heterocycles. The van der Waals surface area contributed by atoms with E-state index < -0.39 is 10.0 Å². The second-order valence-electron chi connectivity index (χ2n) is 8.35. The first-order chi connectivity index (χ1) is 16.4. The summed E-state index contributed by atoms with van der Waals surface area (Å²) in [5.41, 5.74) is 1.60. The van der Waals surface area contributed by atoms with E-state index in [-0.39, 0.29) is 17.2 Å². The highest BCUT2D eigenvalue weighted by Gasteiger charge is 2.23. The molecule has 0 atom stereocenters. The lowest BCUT2D eigenvalue weighted by atomic mass is 10.2. The number of hydrogen-bond donors (Lipinski definition) is 1. The van der Waals surface area contributed by atoms with Gasteiger partial charge in [-0.15, -0.1) is 0 Å². The van der Waals surface area contributed by atoms with Crippen LogP contribution in [-0.4, -0.2) is 62.8 Å². The van der Waals surface area contributed by atoms with Crippen LogP contribution in [0.5, 0.6) is 5.75 Å². The molecule has 10 heteroatoms. The Bertz CT molecular complexity index is 1140. The van der Waals surface area contributed by atoms with Gasteiger partial charge in [-0.05, 0) is 50.1 Å². The summed E-state index contributed by atoms with van der Waals surface area (Å²) < 4.78 is 38.1. The predicted octanol–water partition coefficient (Wildman–Crippen LogP) is 2.76. The number of pyridine rings is 1. The minimum Gasteiger partial charge on any atom is -0.494 e. The topological polar surface area (TPSA) is 101 Å². The molecule has 0 saturated carbocycles. The maximum Gasteiger partial charge on any atom is 0.245 e. The van der Waals surface area contributed by atoms with Crippen molar-refractivity contribution in [3.63, 3.8) is 0 Å². The Hall–Kier alpha value is -2.95. The summed E-state index contributed by atoms with van der Waals surface area (Å²) in [4.78, 5) is 9.32. The van der Waals surface area contributed by atoms with E-state index >= 15 is 0 Å². The molecule has 182 valence electrons. The molecule has 1 aromatic carbocycles. The summed E-state index contributed by atoms with van der Waals surface area (Å²) in [6.07, 6.45) is 2.38. The van der Waals surface area contributed by atoms with Gasteiger partial charge in [0.25, 0.3) is 0 Å². The number of rotatable bonds is 10. The van der Waals surface area contributed by atoms with Gasteiger partial charge in [0.1, 0.15) is 22.2 Å². The second kappa shape index (κ2) is 11.0. The Kier molecular flexibility index (Phi) is 7.81. The fraction of sp³-hybridized carbons (Fsp3) is 0.417. The van der Waals surface area contributed by atoms with Gasteiger partial charge >= 0.3 is 0 Å². The summed E-state index contributed by atoms with van der Waals surface area (Å²) in [6.45, 7) is 8.73. The van der Waals surface area contributed by atoms with E-state index in [0.717, 1.165) is 44.3 Å². The van der Waals surface area contributed by atoms with Crippen molar-refractivity contribution in [2.45, 2.75) is 31.7 Å². The molecule has 3 aromatic rings. The number of anilines is 1. The molecular formula is C24H31N5O4S. The molecule has 1 N–H and O–H groups in total. The van der Waals surface area contributed by atoms with Gasteiger partial charge in [0.2, 0.25) is 10.0 Å². The molecule has 34 heavy (non-hydrogen) atoms. The van der Waals surface area contributed by atoms with Gasteiger partial charge < -0.3 is 14.2 Å². The summed E-state index contributed by atoms with van der Waals surface area (Å²) in [5.74, 6) is 2.11. The molecule has 0 amide bonds. The van der Waals surface area contributed by atoms with Gasteiger partial charge in [-0.2, -0.15) is 0 Å². The van der Waals surface area contributed by atoms with Crippen LogP contribution in [0, 0.1) is 13.8 Å². The molecule has 1 fully saturated rings. The van der Waals surface area contributed by atoms with Gasteiger partial charge in [0, 0.05) is 45.5 Å². The average molecular weight is 486 g/mol. The molecule has 1 aliphatic rings. The molecule has 3 heterocycles. The highest BCUT2D eigenvalue weighted by molar-refractivity contribution is 7.89. The Labute approximate surface area is 200 Å². The van der Waals surface area contributed by atoms with Crippen molar-refractivity contribution >= 4 is 15.8 Å². The fourth-order valence-corrected chi connectivity index (χ4v) is 5.42. The summed E-state index contributed by atoms with van der Waals surface area (Å²) >= 11 is 0. The maximum atomic E-state index is 12.4. The van der Waals surface area contributed by atoms with Crippen molar-refractivity contribution in [3.8, 4) is 5.75 Å². The quantitative estimate of drug-likeness (QED) is 0.438. The van der Waals surface area contributed by atoms with Crippen LogP contribution in [0.3, 0.4) is 0 Å². The molecular weight excluding hydrogens is 454 g/mol. The lowest BCUT2D eigenvalue weighted by Crippen LogP contribution is -2.46. The first kappa shape index (κ1) is 24.2. The van der Waals surface area contributed by atoms with Gasteiger partial charge in [-0.1, -0.05) is 23.4 Å². The van der Waals surface area contributed by atoms with Crippen LogP contribution in [0.4, 0.5) is 5.82 Å². The number of aryl methyl sites for hydroxylation is 2. The number of ether oxygens (including phenoxy) is 1. The van der Waals surface area contributed by atoms with E-state index in [0.29, 0.717) is 18.7 Å². The van der Waals surface area contributed by atoms with Crippen molar-refractivity contribution in [2.75, 3.05) is 44.2 Å². The van der Waals surface area contributed by atoms with Crippen molar-refractivity contribution in [2.24, 2.45) is 0 Å². The average Bonchev–Trinajstić information content (AvgIpc) is 3.19. The van der Waals surface area contributed by atoms with Crippen molar-refractivity contribution < 1.29 is 17.7 Å². The van der Waals surface area contributed by atoms with Gasteiger partial charge in [-0.3, -0.25) is 4.90 Å². The second-order valence-corrected chi connectivity index (χ2v) is 10.1. The zero-order chi connectivity index (χ0) is 24.0. The molecule has 2 aromatic heterocycles. The smallest absolute Gasteiger partial charge is 0.245 e. The molecule has 0 unspecified atom stereocenters. The Morgan fingerprint density at radius 1 is 1.06 bits per heavy atom. The number of piperazine rings is 1. The van der Waals surface area contributed by atoms with Gasteiger partial charge in [0.05, 0.1) is 6.61 Å². The van der Waals surface area contributed by atoms with Crippen LogP contribution in [0.1, 0.15) is 23.4 Å². The van der Waals surface area contributed by atoms with Gasteiger partial charge in [0.15, 0.2) is 5.76 Å².